The first kappa shape index (κ1) is 8.88. The molecule has 0 aliphatic carbocycles. The van der Waals surface area contributed by atoms with Crippen LogP contribution in [0.4, 0.5) is 0 Å². The Labute approximate surface area is 59.9 Å². The molecular formula is C7H11NO2. The van der Waals surface area contributed by atoms with E-state index >= 15 is 0 Å². The van der Waals surface area contributed by atoms with Gasteiger partial charge in [-0.2, -0.15) is 0 Å². The number of hydrogen-bond donors (Lipinski definition) is 1. The van der Waals surface area contributed by atoms with E-state index in [-0.39, 0.29) is 18.6 Å². The van der Waals surface area contributed by atoms with Crippen molar-refractivity contribution in [2.75, 3.05) is 0 Å². The minimum Gasteiger partial charge on any atom is -0.370 e. The van der Waals surface area contributed by atoms with Gasteiger partial charge in [-0.3, -0.25) is 9.59 Å². The molecule has 3 nitrogen and oxygen atoms in total. The van der Waals surface area contributed by atoms with E-state index in [0.29, 0.717) is 5.57 Å². The van der Waals surface area contributed by atoms with Crippen molar-refractivity contribution in [1.82, 2.24) is 0 Å². The van der Waals surface area contributed by atoms with Crippen molar-refractivity contribution in [3.63, 3.8) is 0 Å². The number of ketones is 1. The number of primary amides is 1. The van der Waals surface area contributed by atoms with E-state index in [1.807, 2.05) is 0 Å². The number of allylic oxidation sites excluding steroid dienone is 1. The van der Waals surface area contributed by atoms with E-state index in [4.69, 9.17) is 5.73 Å². The number of nitrogens with two attached hydrogens (primary N) is 1. The lowest BCUT2D eigenvalue weighted by Crippen LogP contribution is -2.12. The van der Waals surface area contributed by atoms with Crippen LogP contribution >= 0.6 is 0 Å². The van der Waals surface area contributed by atoms with E-state index in [1.54, 1.807) is 6.92 Å². The summed E-state index contributed by atoms with van der Waals surface area (Å²) in [5.41, 5.74) is 5.29. The molecule has 1 amide bonds. The molecule has 0 saturated heterocycles. The lowest BCUT2D eigenvalue weighted by molar-refractivity contribution is -0.121. The van der Waals surface area contributed by atoms with E-state index < -0.39 is 5.91 Å². The number of amides is 1. The predicted octanol–water partition coefficient (Wildman–Crippen LogP) is 0.397. The van der Waals surface area contributed by atoms with Crippen LogP contribution in [0.3, 0.4) is 0 Å². The average molecular weight is 141 g/mol. The van der Waals surface area contributed by atoms with Gasteiger partial charge in [-0.1, -0.05) is 6.58 Å². The third-order valence-corrected chi connectivity index (χ3v) is 1.07. The Morgan fingerprint density at radius 2 is 1.90 bits per heavy atom. The molecule has 0 saturated carbocycles. The monoisotopic (exact) mass is 141 g/mol. The molecule has 0 aliphatic heterocycles. The van der Waals surface area contributed by atoms with Gasteiger partial charge >= 0.3 is 0 Å². The highest BCUT2D eigenvalue weighted by molar-refractivity contribution is 5.96. The molecule has 0 aliphatic rings. The number of Topliss-reactive ketones (excluding diaryl/α,β-unsaturated/α-hetero) is 1. The lowest BCUT2D eigenvalue weighted by Gasteiger charge is -1.94. The second-order valence-electron chi connectivity index (χ2n) is 2.17. The average Bonchev–Trinajstić information content (AvgIpc) is 1.82. The van der Waals surface area contributed by atoms with Crippen molar-refractivity contribution in [1.29, 1.82) is 0 Å². The SMILES string of the molecule is C=C(C)C(=O)CCC(N)=O. The van der Waals surface area contributed by atoms with Gasteiger partial charge in [-0.05, 0) is 12.5 Å². The highest BCUT2D eigenvalue weighted by Crippen LogP contribution is 1.97. The molecule has 56 valence electrons. The standard InChI is InChI=1S/C7H11NO2/c1-5(2)6(9)3-4-7(8)10/h1,3-4H2,2H3,(H2,8,10). The van der Waals surface area contributed by atoms with Crippen molar-refractivity contribution in [2.45, 2.75) is 19.8 Å². The van der Waals surface area contributed by atoms with Gasteiger partial charge in [-0.15, -0.1) is 0 Å². The summed E-state index contributed by atoms with van der Waals surface area (Å²) in [4.78, 5) is 20.9. The highest BCUT2D eigenvalue weighted by atomic mass is 16.1. The van der Waals surface area contributed by atoms with Crippen molar-refractivity contribution in [2.24, 2.45) is 5.73 Å². The molecule has 0 aromatic heterocycles. The Hall–Kier alpha value is -1.12. The summed E-state index contributed by atoms with van der Waals surface area (Å²) in [5, 5.41) is 0. The smallest absolute Gasteiger partial charge is 0.217 e. The summed E-state index contributed by atoms with van der Waals surface area (Å²) in [6.07, 6.45) is 0.302. The molecule has 10 heavy (non-hydrogen) atoms. The molecule has 0 radical (unpaired) electrons. The first-order chi connectivity index (χ1) is 4.54. The fraction of sp³-hybridized carbons (Fsp3) is 0.429. The Kier molecular flexibility index (Phi) is 3.39. The van der Waals surface area contributed by atoms with E-state index in [1.165, 1.54) is 0 Å². The predicted molar refractivity (Wildman–Crippen MR) is 38.2 cm³/mol. The van der Waals surface area contributed by atoms with Gasteiger partial charge in [0.2, 0.25) is 5.91 Å². The van der Waals surface area contributed by atoms with Crippen LogP contribution in [-0.4, -0.2) is 11.7 Å². The highest BCUT2D eigenvalue weighted by Gasteiger charge is 2.03. The zero-order valence-corrected chi connectivity index (χ0v) is 6.02. The fourth-order valence-corrected chi connectivity index (χ4v) is 0.450. The minimum atomic E-state index is -0.449. The summed E-state index contributed by atoms with van der Waals surface area (Å²) < 4.78 is 0. The quantitative estimate of drug-likeness (QED) is 0.576. The third kappa shape index (κ3) is 3.83. The van der Waals surface area contributed by atoms with Gasteiger partial charge in [-0.25, -0.2) is 0 Å². The summed E-state index contributed by atoms with van der Waals surface area (Å²) in [6, 6.07) is 0. The molecule has 0 heterocycles. The number of carbonyl (C=O) groups is 2. The van der Waals surface area contributed by atoms with Crippen LogP contribution in [0.1, 0.15) is 19.8 Å². The van der Waals surface area contributed by atoms with Crippen LogP contribution in [-0.2, 0) is 9.59 Å². The van der Waals surface area contributed by atoms with Crippen LogP contribution in [0.5, 0.6) is 0 Å². The molecule has 0 atom stereocenters. The van der Waals surface area contributed by atoms with Crippen LogP contribution in [0.25, 0.3) is 0 Å². The zero-order valence-electron chi connectivity index (χ0n) is 6.02. The maximum Gasteiger partial charge on any atom is 0.217 e. The second-order valence-corrected chi connectivity index (χ2v) is 2.17. The summed E-state index contributed by atoms with van der Waals surface area (Å²) >= 11 is 0. The van der Waals surface area contributed by atoms with E-state index in [0.717, 1.165) is 0 Å². The minimum absolute atomic E-state index is 0.0983. The summed E-state index contributed by atoms with van der Waals surface area (Å²) in [7, 11) is 0. The molecule has 0 rings (SSSR count). The normalized spacial score (nSPS) is 8.90. The van der Waals surface area contributed by atoms with Crippen molar-refractivity contribution >= 4 is 11.7 Å². The molecule has 2 N–H and O–H groups in total. The first-order valence-electron chi connectivity index (χ1n) is 3.01. The first-order valence-corrected chi connectivity index (χ1v) is 3.01. The summed E-state index contributed by atoms with van der Waals surface area (Å²) in [6.45, 7) is 5.05. The van der Waals surface area contributed by atoms with Crippen molar-refractivity contribution in [3.8, 4) is 0 Å². The van der Waals surface area contributed by atoms with Gasteiger partial charge in [0.25, 0.3) is 0 Å². The molecule has 0 aromatic rings. The van der Waals surface area contributed by atoms with E-state index in [9.17, 15) is 9.59 Å². The maximum atomic E-state index is 10.7. The van der Waals surface area contributed by atoms with Crippen molar-refractivity contribution < 1.29 is 9.59 Å². The van der Waals surface area contributed by atoms with Crippen LogP contribution in [0, 0.1) is 0 Å². The number of carbonyl (C=O) groups excluding carboxylic acids is 2. The Morgan fingerprint density at radius 1 is 1.40 bits per heavy atom. The third-order valence-electron chi connectivity index (χ3n) is 1.07. The number of rotatable bonds is 4. The van der Waals surface area contributed by atoms with Gasteiger partial charge in [0.1, 0.15) is 0 Å². The Morgan fingerprint density at radius 3 is 2.20 bits per heavy atom. The van der Waals surface area contributed by atoms with Crippen LogP contribution < -0.4 is 5.73 Å². The van der Waals surface area contributed by atoms with Crippen LogP contribution in [0.2, 0.25) is 0 Å². The number of hydrogen-bond acceptors (Lipinski definition) is 2. The molecule has 0 spiro atoms. The van der Waals surface area contributed by atoms with Gasteiger partial charge in [0.15, 0.2) is 5.78 Å². The lowest BCUT2D eigenvalue weighted by atomic mass is 10.1. The summed E-state index contributed by atoms with van der Waals surface area (Å²) in [5.74, 6) is -0.548. The van der Waals surface area contributed by atoms with Gasteiger partial charge < -0.3 is 5.73 Å². The largest absolute Gasteiger partial charge is 0.370 e. The topological polar surface area (TPSA) is 60.2 Å². The second kappa shape index (κ2) is 3.82. The fourth-order valence-electron chi connectivity index (χ4n) is 0.450. The zero-order chi connectivity index (χ0) is 8.15. The van der Waals surface area contributed by atoms with Gasteiger partial charge in [0, 0.05) is 12.8 Å². The molecule has 0 aromatic carbocycles. The molecule has 0 bridgehead atoms. The Bertz CT molecular complexity index is 172. The molecule has 0 unspecified atom stereocenters. The molecular weight excluding hydrogens is 130 g/mol. The Balaban J connectivity index is 3.60. The molecule has 3 heteroatoms. The van der Waals surface area contributed by atoms with E-state index in [2.05, 4.69) is 6.58 Å². The van der Waals surface area contributed by atoms with Gasteiger partial charge in [0.05, 0.1) is 0 Å². The molecule has 0 fully saturated rings. The van der Waals surface area contributed by atoms with Crippen molar-refractivity contribution in [3.05, 3.63) is 12.2 Å². The van der Waals surface area contributed by atoms with Crippen LogP contribution in [0.15, 0.2) is 12.2 Å². The maximum absolute atomic E-state index is 10.7.